The molecule has 86 valence electrons. The van der Waals surface area contributed by atoms with Crippen molar-refractivity contribution in [2.24, 2.45) is 5.41 Å². The summed E-state index contributed by atoms with van der Waals surface area (Å²) < 4.78 is 0. The molecule has 1 atom stereocenters. The van der Waals surface area contributed by atoms with E-state index in [2.05, 4.69) is 0 Å². The molecule has 1 aromatic rings. The van der Waals surface area contributed by atoms with Crippen LogP contribution in [0.1, 0.15) is 26.3 Å². The van der Waals surface area contributed by atoms with Crippen molar-refractivity contribution in [1.82, 2.24) is 0 Å². The summed E-state index contributed by atoms with van der Waals surface area (Å²) in [6, 6.07) is 9.91. The van der Waals surface area contributed by atoms with Crippen LogP contribution in [-0.4, -0.2) is 11.2 Å². The first-order valence-corrected chi connectivity index (χ1v) is 5.76. The van der Waals surface area contributed by atoms with E-state index >= 15 is 0 Å². The van der Waals surface area contributed by atoms with E-state index in [4.69, 9.17) is 11.6 Å². The molecule has 0 bridgehead atoms. The van der Waals surface area contributed by atoms with Crippen molar-refractivity contribution < 1.29 is 4.79 Å². The average Bonchev–Trinajstić information content (AvgIpc) is 2.27. The van der Waals surface area contributed by atoms with Gasteiger partial charge in [-0.15, -0.1) is 11.6 Å². The number of allylic oxidation sites excluding steroid dienone is 1. The third kappa shape index (κ3) is 3.21. The number of rotatable bonds is 4. The average molecular weight is 237 g/mol. The van der Waals surface area contributed by atoms with Gasteiger partial charge in [-0.05, 0) is 12.5 Å². The van der Waals surface area contributed by atoms with Crippen LogP contribution in [-0.2, 0) is 4.79 Å². The molecule has 0 aliphatic rings. The molecular weight excluding hydrogens is 220 g/mol. The number of halogens is 1. The van der Waals surface area contributed by atoms with Gasteiger partial charge in [0.05, 0.1) is 5.38 Å². The number of benzene rings is 1. The topological polar surface area (TPSA) is 17.1 Å². The molecule has 0 radical (unpaired) electrons. The van der Waals surface area contributed by atoms with E-state index in [-0.39, 0.29) is 11.2 Å². The molecule has 0 amide bonds. The summed E-state index contributed by atoms with van der Waals surface area (Å²) in [5, 5.41) is -0.287. The van der Waals surface area contributed by atoms with Crippen LogP contribution in [0.25, 0.3) is 6.08 Å². The molecule has 0 aromatic heterocycles. The summed E-state index contributed by atoms with van der Waals surface area (Å²) in [6.07, 6.45) is 3.82. The molecule has 0 N–H and O–H groups in total. The van der Waals surface area contributed by atoms with Crippen LogP contribution in [0.15, 0.2) is 36.4 Å². The molecule has 0 aliphatic heterocycles. The molecule has 0 saturated heterocycles. The SMILES string of the molecule is CC(=O)C(C)(C)C(Cl)/C=C/c1ccccc1. The number of alkyl halides is 1. The fourth-order valence-electron chi connectivity index (χ4n) is 1.19. The summed E-state index contributed by atoms with van der Waals surface area (Å²) in [5.41, 5.74) is 0.569. The lowest BCUT2D eigenvalue weighted by atomic mass is 9.84. The Balaban J connectivity index is 2.75. The third-order valence-corrected chi connectivity index (χ3v) is 3.55. The van der Waals surface area contributed by atoms with Crippen molar-refractivity contribution in [1.29, 1.82) is 0 Å². The molecule has 1 rings (SSSR count). The maximum absolute atomic E-state index is 11.4. The van der Waals surface area contributed by atoms with E-state index in [0.29, 0.717) is 0 Å². The minimum absolute atomic E-state index is 0.102. The lowest BCUT2D eigenvalue weighted by Gasteiger charge is -2.24. The molecule has 0 fully saturated rings. The van der Waals surface area contributed by atoms with Crippen LogP contribution >= 0.6 is 11.6 Å². The van der Waals surface area contributed by atoms with Crippen molar-refractivity contribution in [3.05, 3.63) is 42.0 Å². The van der Waals surface area contributed by atoms with Crippen molar-refractivity contribution in [2.75, 3.05) is 0 Å². The van der Waals surface area contributed by atoms with Gasteiger partial charge in [-0.3, -0.25) is 4.79 Å². The van der Waals surface area contributed by atoms with Crippen LogP contribution in [0.4, 0.5) is 0 Å². The summed E-state index contributed by atoms with van der Waals surface area (Å²) in [4.78, 5) is 11.4. The Hall–Kier alpha value is -1.08. The molecule has 0 spiro atoms. The molecule has 0 heterocycles. The molecule has 1 unspecified atom stereocenters. The standard InChI is InChI=1S/C14H17ClO/c1-11(16)14(2,3)13(15)10-9-12-7-5-4-6-8-12/h4-10,13H,1-3H3/b10-9+. The first-order chi connectivity index (χ1) is 7.44. The van der Waals surface area contributed by atoms with Gasteiger partial charge in [0, 0.05) is 5.41 Å². The Morgan fingerprint density at radius 2 is 1.88 bits per heavy atom. The van der Waals surface area contributed by atoms with E-state index in [9.17, 15) is 4.79 Å². The number of carbonyl (C=O) groups excluding carboxylic acids is 1. The van der Waals surface area contributed by atoms with Gasteiger partial charge in [0.25, 0.3) is 0 Å². The number of carbonyl (C=O) groups is 1. The normalized spacial score (nSPS) is 14.0. The van der Waals surface area contributed by atoms with Gasteiger partial charge in [0.1, 0.15) is 5.78 Å². The minimum atomic E-state index is -0.521. The molecule has 0 aliphatic carbocycles. The molecule has 1 aromatic carbocycles. The third-order valence-electron chi connectivity index (χ3n) is 2.85. The molecule has 2 heteroatoms. The Kier molecular flexibility index (Phi) is 4.31. The maximum Gasteiger partial charge on any atom is 0.137 e. The fourth-order valence-corrected chi connectivity index (χ4v) is 1.42. The van der Waals surface area contributed by atoms with E-state index in [1.165, 1.54) is 0 Å². The second-order valence-electron chi connectivity index (χ2n) is 4.45. The monoisotopic (exact) mass is 236 g/mol. The predicted octanol–water partition coefficient (Wildman–Crippen LogP) is 3.92. The van der Waals surface area contributed by atoms with Gasteiger partial charge in [-0.2, -0.15) is 0 Å². The Morgan fingerprint density at radius 1 is 1.31 bits per heavy atom. The number of hydrogen-bond acceptors (Lipinski definition) is 1. The summed E-state index contributed by atoms with van der Waals surface area (Å²) in [6.45, 7) is 5.30. The Bertz CT molecular complexity index is 379. The zero-order chi connectivity index (χ0) is 12.2. The quantitative estimate of drug-likeness (QED) is 0.725. The highest BCUT2D eigenvalue weighted by molar-refractivity contribution is 6.24. The summed E-state index contributed by atoms with van der Waals surface area (Å²) in [5.74, 6) is 0.102. The van der Waals surface area contributed by atoms with Crippen LogP contribution in [0, 0.1) is 5.41 Å². The highest BCUT2D eigenvalue weighted by atomic mass is 35.5. The first kappa shape index (κ1) is 13.0. The van der Waals surface area contributed by atoms with Gasteiger partial charge in [-0.25, -0.2) is 0 Å². The fraction of sp³-hybridized carbons (Fsp3) is 0.357. The van der Waals surface area contributed by atoms with Crippen molar-refractivity contribution in [2.45, 2.75) is 26.1 Å². The van der Waals surface area contributed by atoms with Gasteiger partial charge in [0.15, 0.2) is 0 Å². The summed E-state index contributed by atoms with van der Waals surface area (Å²) in [7, 11) is 0. The van der Waals surface area contributed by atoms with Crippen LogP contribution < -0.4 is 0 Å². The smallest absolute Gasteiger partial charge is 0.137 e. The predicted molar refractivity (Wildman–Crippen MR) is 69.6 cm³/mol. The van der Waals surface area contributed by atoms with Crippen LogP contribution in [0.3, 0.4) is 0 Å². The van der Waals surface area contributed by atoms with Gasteiger partial charge >= 0.3 is 0 Å². The zero-order valence-electron chi connectivity index (χ0n) is 9.91. The Morgan fingerprint density at radius 3 is 2.38 bits per heavy atom. The second kappa shape index (κ2) is 5.31. The largest absolute Gasteiger partial charge is 0.299 e. The minimum Gasteiger partial charge on any atom is -0.299 e. The number of ketones is 1. The lowest BCUT2D eigenvalue weighted by molar-refractivity contribution is -0.124. The van der Waals surface area contributed by atoms with Crippen molar-refractivity contribution >= 4 is 23.5 Å². The molecule has 0 saturated carbocycles. The summed E-state index contributed by atoms with van der Waals surface area (Å²) >= 11 is 6.21. The molecule has 1 nitrogen and oxygen atoms in total. The van der Waals surface area contributed by atoms with Crippen LogP contribution in [0.5, 0.6) is 0 Å². The lowest BCUT2D eigenvalue weighted by Crippen LogP contribution is -2.30. The molecular formula is C14H17ClO. The van der Waals surface area contributed by atoms with Crippen molar-refractivity contribution in [3.8, 4) is 0 Å². The Labute approximate surface area is 102 Å². The van der Waals surface area contributed by atoms with E-state index in [0.717, 1.165) is 5.56 Å². The zero-order valence-corrected chi connectivity index (χ0v) is 10.7. The van der Waals surface area contributed by atoms with E-state index in [1.807, 2.05) is 56.3 Å². The van der Waals surface area contributed by atoms with Gasteiger partial charge < -0.3 is 0 Å². The van der Waals surface area contributed by atoms with Gasteiger partial charge in [-0.1, -0.05) is 56.3 Å². The number of hydrogen-bond donors (Lipinski definition) is 0. The van der Waals surface area contributed by atoms with Crippen LogP contribution in [0.2, 0.25) is 0 Å². The highest BCUT2D eigenvalue weighted by Gasteiger charge is 2.30. The number of Topliss-reactive ketones (excluding diaryl/α,β-unsaturated/α-hetero) is 1. The van der Waals surface area contributed by atoms with Crippen molar-refractivity contribution in [3.63, 3.8) is 0 Å². The second-order valence-corrected chi connectivity index (χ2v) is 4.92. The van der Waals surface area contributed by atoms with Gasteiger partial charge in [0.2, 0.25) is 0 Å². The maximum atomic E-state index is 11.4. The first-order valence-electron chi connectivity index (χ1n) is 5.33. The van der Waals surface area contributed by atoms with E-state index in [1.54, 1.807) is 6.92 Å². The van der Waals surface area contributed by atoms with E-state index < -0.39 is 5.41 Å². The molecule has 16 heavy (non-hydrogen) atoms. The highest BCUT2D eigenvalue weighted by Crippen LogP contribution is 2.28.